The number of hydrogen-bond donors (Lipinski definition) is 1. The van der Waals surface area contributed by atoms with E-state index in [1.807, 2.05) is 65.2 Å². The summed E-state index contributed by atoms with van der Waals surface area (Å²) in [6, 6.07) is 23.5. The topological polar surface area (TPSA) is 125 Å². The normalized spacial score (nSPS) is 10.9. The van der Waals surface area contributed by atoms with E-state index in [-0.39, 0.29) is 24.0 Å². The highest BCUT2D eigenvalue weighted by molar-refractivity contribution is 7.99. The number of hydrogen-bond acceptors (Lipinski definition) is 8. The summed E-state index contributed by atoms with van der Waals surface area (Å²) in [5.41, 5.74) is 2.61. The third kappa shape index (κ3) is 5.47. The standard InChI is InChI=1S/C27H22N6O4S/c1-18-12-13-21(33(35)36)15-22(18)29-25(34)17-38-27-31-30-24(32(27)20-9-3-2-4-10-20)16-37-23-11-5-7-19-8-6-14-28-26(19)23/h2-15H,16-17H2,1H3,(H,29,34). The molecule has 10 nitrogen and oxygen atoms in total. The zero-order valence-corrected chi connectivity index (χ0v) is 21.1. The van der Waals surface area contributed by atoms with Crippen molar-refractivity contribution >= 4 is 39.9 Å². The molecule has 5 rings (SSSR count). The molecular formula is C27H22N6O4S. The molecule has 0 saturated heterocycles. The molecule has 0 fully saturated rings. The fourth-order valence-electron chi connectivity index (χ4n) is 3.83. The van der Waals surface area contributed by atoms with Crippen LogP contribution in [0.3, 0.4) is 0 Å². The lowest BCUT2D eigenvalue weighted by molar-refractivity contribution is -0.384. The Hall–Kier alpha value is -4.77. The lowest BCUT2D eigenvalue weighted by Gasteiger charge is -2.12. The summed E-state index contributed by atoms with van der Waals surface area (Å²) in [4.78, 5) is 27.8. The third-order valence-electron chi connectivity index (χ3n) is 5.71. The number of thioether (sulfide) groups is 1. The van der Waals surface area contributed by atoms with Gasteiger partial charge in [0.05, 0.1) is 16.4 Å². The number of ether oxygens (including phenoxy) is 1. The molecule has 2 heterocycles. The fourth-order valence-corrected chi connectivity index (χ4v) is 4.60. The van der Waals surface area contributed by atoms with Crippen molar-refractivity contribution in [1.82, 2.24) is 19.7 Å². The van der Waals surface area contributed by atoms with Crippen LogP contribution < -0.4 is 10.1 Å². The van der Waals surface area contributed by atoms with E-state index in [9.17, 15) is 14.9 Å². The maximum Gasteiger partial charge on any atom is 0.271 e. The number of nitrogens with one attached hydrogen (secondary N) is 1. The Labute approximate surface area is 221 Å². The number of nitro groups is 1. The molecule has 38 heavy (non-hydrogen) atoms. The number of nitrogens with zero attached hydrogens (tertiary/aromatic N) is 5. The Balaban J connectivity index is 1.34. The van der Waals surface area contributed by atoms with Crippen LogP contribution in [0.25, 0.3) is 16.6 Å². The maximum atomic E-state index is 12.7. The SMILES string of the molecule is Cc1ccc([N+](=O)[O-])cc1NC(=O)CSc1nnc(COc2cccc3cccnc23)n1-c1ccccc1. The number of pyridine rings is 1. The average Bonchev–Trinajstić information content (AvgIpc) is 3.35. The molecule has 0 saturated carbocycles. The van der Waals surface area contributed by atoms with E-state index in [1.165, 1.54) is 23.9 Å². The molecule has 0 aliphatic heterocycles. The first-order chi connectivity index (χ1) is 18.5. The van der Waals surface area contributed by atoms with Crippen molar-refractivity contribution in [3.8, 4) is 11.4 Å². The Morgan fingerprint density at radius 2 is 1.87 bits per heavy atom. The van der Waals surface area contributed by atoms with Gasteiger partial charge in [-0.15, -0.1) is 10.2 Å². The predicted molar refractivity (Wildman–Crippen MR) is 145 cm³/mol. The van der Waals surface area contributed by atoms with Gasteiger partial charge in [0, 0.05) is 29.4 Å². The van der Waals surface area contributed by atoms with Gasteiger partial charge in [0.1, 0.15) is 17.9 Å². The summed E-state index contributed by atoms with van der Waals surface area (Å²) >= 11 is 1.21. The van der Waals surface area contributed by atoms with Gasteiger partial charge >= 0.3 is 0 Å². The molecule has 11 heteroatoms. The molecule has 3 aromatic carbocycles. The Kier molecular flexibility index (Phi) is 7.27. The van der Waals surface area contributed by atoms with Gasteiger partial charge in [0.2, 0.25) is 5.91 Å². The number of nitro benzene ring substituents is 1. The summed E-state index contributed by atoms with van der Waals surface area (Å²) in [6.45, 7) is 1.91. The van der Waals surface area contributed by atoms with E-state index < -0.39 is 4.92 Å². The second-order valence-electron chi connectivity index (χ2n) is 8.28. The number of benzene rings is 3. The number of aromatic nitrogens is 4. The van der Waals surface area contributed by atoms with Crippen LogP contribution in [0.2, 0.25) is 0 Å². The van der Waals surface area contributed by atoms with E-state index in [1.54, 1.807) is 19.2 Å². The van der Waals surface area contributed by atoms with Crippen LogP contribution in [0, 0.1) is 17.0 Å². The number of anilines is 1. The summed E-state index contributed by atoms with van der Waals surface area (Å²) in [5.74, 6) is 0.898. The second kappa shape index (κ2) is 11.1. The molecule has 0 spiro atoms. The van der Waals surface area contributed by atoms with Crippen molar-refractivity contribution in [2.24, 2.45) is 0 Å². The number of fused-ring (bicyclic) bond motifs is 1. The van der Waals surface area contributed by atoms with Gasteiger partial charge < -0.3 is 10.1 Å². The van der Waals surface area contributed by atoms with Crippen LogP contribution in [0.4, 0.5) is 11.4 Å². The average molecular weight is 527 g/mol. The zero-order chi connectivity index (χ0) is 26.5. The molecule has 0 unspecified atom stereocenters. The first-order valence-corrected chi connectivity index (χ1v) is 12.6. The lowest BCUT2D eigenvalue weighted by atomic mass is 10.2. The van der Waals surface area contributed by atoms with Gasteiger partial charge in [-0.2, -0.15) is 0 Å². The van der Waals surface area contributed by atoms with Crippen LogP contribution in [-0.2, 0) is 11.4 Å². The number of rotatable bonds is 9. The highest BCUT2D eigenvalue weighted by Gasteiger charge is 2.18. The van der Waals surface area contributed by atoms with Crippen molar-refractivity contribution in [2.75, 3.05) is 11.1 Å². The summed E-state index contributed by atoms with van der Waals surface area (Å²) in [5, 5.41) is 24.0. The second-order valence-corrected chi connectivity index (χ2v) is 9.23. The summed E-state index contributed by atoms with van der Waals surface area (Å²) in [6.07, 6.45) is 1.72. The van der Waals surface area contributed by atoms with E-state index in [0.717, 1.165) is 22.2 Å². The zero-order valence-electron chi connectivity index (χ0n) is 20.3. The van der Waals surface area contributed by atoms with Crippen LogP contribution in [0.1, 0.15) is 11.4 Å². The third-order valence-corrected chi connectivity index (χ3v) is 6.63. The molecule has 0 bridgehead atoms. The first kappa shape index (κ1) is 24.9. The van der Waals surface area contributed by atoms with Gasteiger partial charge in [0.15, 0.2) is 11.0 Å². The fraction of sp³-hybridized carbons (Fsp3) is 0.111. The summed E-state index contributed by atoms with van der Waals surface area (Å²) in [7, 11) is 0. The quantitative estimate of drug-likeness (QED) is 0.155. The van der Waals surface area contributed by atoms with Gasteiger partial charge in [-0.25, -0.2) is 0 Å². The van der Waals surface area contributed by atoms with Crippen molar-refractivity contribution in [1.29, 1.82) is 0 Å². The molecule has 2 aromatic heterocycles. The molecule has 190 valence electrons. The Morgan fingerprint density at radius 3 is 2.68 bits per heavy atom. The smallest absolute Gasteiger partial charge is 0.271 e. The lowest BCUT2D eigenvalue weighted by Crippen LogP contribution is -2.15. The van der Waals surface area contributed by atoms with Gasteiger partial charge in [-0.05, 0) is 36.8 Å². The van der Waals surface area contributed by atoms with E-state index in [4.69, 9.17) is 4.74 Å². The molecule has 1 N–H and O–H groups in total. The first-order valence-electron chi connectivity index (χ1n) is 11.6. The van der Waals surface area contributed by atoms with Crippen LogP contribution >= 0.6 is 11.8 Å². The number of para-hydroxylation sites is 2. The van der Waals surface area contributed by atoms with Gasteiger partial charge in [-0.3, -0.25) is 24.5 Å². The monoisotopic (exact) mass is 526 g/mol. The molecule has 1 amide bonds. The highest BCUT2D eigenvalue weighted by Crippen LogP contribution is 2.27. The number of amides is 1. The number of non-ortho nitro benzene ring substituents is 1. The molecule has 5 aromatic rings. The van der Waals surface area contributed by atoms with Crippen molar-refractivity contribution in [3.63, 3.8) is 0 Å². The van der Waals surface area contributed by atoms with Crippen LogP contribution in [-0.4, -0.2) is 36.3 Å². The largest absolute Gasteiger partial charge is 0.483 e. The Morgan fingerprint density at radius 1 is 1.05 bits per heavy atom. The maximum absolute atomic E-state index is 12.7. The minimum Gasteiger partial charge on any atom is -0.483 e. The minimum atomic E-state index is -0.496. The van der Waals surface area contributed by atoms with Gasteiger partial charge in [0.25, 0.3) is 5.69 Å². The van der Waals surface area contributed by atoms with Crippen LogP contribution in [0.15, 0.2) is 90.2 Å². The van der Waals surface area contributed by atoms with E-state index >= 15 is 0 Å². The molecular weight excluding hydrogens is 504 g/mol. The number of carbonyl (C=O) groups is 1. The van der Waals surface area contributed by atoms with E-state index in [2.05, 4.69) is 20.5 Å². The number of carbonyl (C=O) groups excluding carboxylic acids is 1. The van der Waals surface area contributed by atoms with Crippen LogP contribution in [0.5, 0.6) is 5.75 Å². The number of aryl methyl sites for hydroxylation is 1. The van der Waals surface area contributed by atoms with Crippen molar-refractivity contribution in [2.45, 2.75) is 18.7 Å². The molecule has 0 atom stereocenters. The molecule has 0 radical (unpaired) electrons. The van der Waals surface area contributed by atoms with Crippen molar-refractivity contribution in [3.05, 3.63) is 107 Å². The molecule has 0 aliphatic rings. The van der Waals surface area contributed by atoms with Gasteiger partial charge in [-0.1, -0.05) is 54.2 Å². The van der Waals surface area contributed by atoms with E-state index in [0.29, 0.717) is 22.4 Å². The van der Waals surface area contributed by atoms with Crippen molar-refractivity contribution < 1.29 is 14.5 Å². The molecule has 0 aliphatic carbocycles. The minimum absolute atomic E-state index is 0.0290. The highest BCUT2D eigenvalue weighted by atomic mass is 32.2. The predicted octanol–water partition coefficient (Wildman–Crippen LogP) is 5.34. The Bertz CT molecular complexity index is 1620. The summed E-state index contributed by atoms with van der Waals surface area (Å²) < 4.78 is 7.94.